The maximum absolute atomic E-state index is 13.7. The topological polar surface area (TPSA) is 103 Å². The molecule has 1 atom stereocenters. The van der Waals surface area contributed by atoms with Gasteiger partial charge in [0.1, 0.15) is 12.4 Å². The fourth-order valence-electron chi connectivity index (χ4n) is 4.68. The van der Waals surface area contributed by atoms with E-state index in [0.717, 1.165) is 5.56 Å². The lowest BCUT2D eigenvalue weighted by atomic mass is 9.92. The van der Waals surface area contributed by atoms with Crippen LogP contribution in [0.1, 0.15) is 36.3 Å². The number of nitrogens with one attached hydrogen (secondary N) is 1. The zero-order chi connectivity index (χ0) is 28.1. The number of carbonyl (C=O) groups is 2. The van der Waals surface area contributed by atoms with Crippen LogP contribution in [0.3, 0.4) is 0 Å². The van der Waals surface area contributed by atoms with Crippen LogP contribution in [0.25, 0.3) is 0 Å². The summed E-state index contributed by atoms with van der Waals surface area (Å²) in [5.41, 5.74) is 3.13. The van der Waals surface area contributed by atoms with Crippen molar-refractivity contribution in [2.75, 3.05) is 14.2 Å². The zero-order valence-corrected chi connectivity index (χ0v) is 23.2. The first kappa shape index (κ1) is 27.1. The number of amides is 1. The Morgan fingerprint density at radius 1 is 1.05 bits per heavy atom. The fraction of sp³-hybridized carbons (Fsp3) is 0.233. The summed E-state index contributed by atoms with van der Waals surface area (Å²) in [6.07, 6.45) is 1.63. The highest BCUT2D eigenvalue weighted by Crippen LogP contribution is 2.48. The van der Waals surface area contributed by atoms with Gasteiger partial charge < -0.3 is 28.8 Å². The van der Waals surface area contributed by atoms with Gasteiger partial charge in [-0.15, -0.1) is 0 Å². The van der Waals surface area contributed by atoms with E-state index < -0.39 is 12.0 Å². The quantitative estimate of drug-likeness (QED) is 0.333. The van der Waals surface area contributed by atoms with Crippen molar-refractivity contribution in [3.05, 3.63) is 106 Å². The van der Waals surface area contributed by atoms with Crippen molar-refractivity contribution in [2.24, 2.45) is 4.99 Å². The van der Waals surface area contributed by atoms with Gasteiger partial charge in [-0.25, -0.2) is 9.79 Å². The molecule has 1 amide bonds. The second-order valence-electron chi connectivity index (χ2n) is 9.07. The highest BCUT2D eigenvalue weighted by molar-refractivity contribution is 8.16. The minimum absolute atomic E-state index is 0.0703. The van der Waals surface area contributed by atoms with E-state index in [1.807, 2.05) is 52.8 Å². The Labute approximate surface area is 236 Å². The summed E-state index contributed by atoms with van der Waals surface area (Å²) in [7, 11) is 3.12. The van der Waals surface area contributed by atoms with Gasteiger partial charge >= 0.3 is 5.97 Å². The number of benzene rings is 2. The summed E-state index contributed by atoms with van der Waals surface area (Å²) in [5.74, 6) is 0.963. The molecule has 0 aliphatic carbocycles. The summed E-state index contributed by atoms with van der Waals surface area (Å²) in [4.78, 5) is 33.3. The number of hydrogen-bond donors (Lipinski definition) is 1. The van der Waals surface area contributed by atoms with Crippen LogP contribution in [-0.2, 0) is 27.5 Å². The van der Waals surface area contributed by atoms with Gasteiger partial charge in [0.2, 0.25) is 5.91 Å². The van der Waals surface area contributed by atoms with Crippen molar-refractivity contribution in [2.45, 2.75) is 32.5 Å². The number of para-hydroxylation sites is 1. The second kappa shape index (κ2) is 12.2. The lowest BCUT2D eigenvalue weighted by molar-refractivity contribution is -0.141. The number of furan rings is 1. The van der Waals surface area contributed by atoms with Crippen LogP contribution in [0.15, 0.2) is 98.7 Å². The molecule has 0 fully saturated rings. The third-order valence-electron chi connectivity index (χ3n) is 6.54. The van der Waals surface area contributed by atoms with Gasteiger partial charge in [0.05, 0.1) is 50.8 Å². The van der Waals surface area contributed by atoms with Crippen molar-refractivity contribution in [3.63, 3.8) is 0 Å². The number of aliphatic imine (C=N–C) groups is 1. The molecule has 9 nitrogen and oxygen atoms in total. The number of rotatable bonds is 10. The molecule has 2 aliphatic heterocycles. The number of amidine groups is 1. The van der Waals surface area contributed by atoms with Crippen molar-refractivity contribution in [1.29, 1.82) is 0 Å². The first-order valence-electron chi connectivity index (χ1n) is 12.7. The third kappa shape index (κ3) is 5.62. The molecule has 0 saturated heterocycles. The summed E-state index contributed by atoms with van der Waals surface area (Å²) in [6, 6.07) is 17.9. The Kier molecular flexibility index (Phi) is 8.26. The summed E-state index contributed by atoms with van der Waals surface area (Å²) in [5, 5.41) is 5.43. The molecule has 1 unspecified atom stereocenters. The van der Waals surface area contributed by atoms with E-state index >= 15 is 0 Å². The molecule has 10 heteroatoms. The van der Waals surface area contributed by atoms with E-state index in [1.165, 1.54) is 11.8 Å². The van der Waals surface area contributed by atoms with E-state index in [-0.39, 0.29) is 25.5 Å². The van der Waals surface area contributed by atoms with Gasteiger partial charge in [-0.05, 0) is 36.1 Å². The smallest absolute Gasteiger partial charge is 0.338 e. The number of thioether (sulfide) groups is 1. The maximum atomic E-state index is 13.7. The van der Waals surface area contributed by atoms with Crippen LogP contribution in [0.4, 0.5) is 0 Å². The Bertz CT molecular complexity index is 1480. The number of allylic oxidation sites excluding steroid dienone is 1. The van der Waals surface area contributed by atoms with Crippen molar-refractivity contribution in [1.82, 2.24) is 10.2 Å². The molecule has 0 bridgehead atoms. The largest absolute Gasteiger partial charge is 0.493 e. The van der Waals surface area contributed by atoms with E-state index in [0.29, 0.717) is 45.0 Å². The predicted octanol–water partition coefficient (Wildman–Crippen LogP) is 5.32. The van der Waals surface area contributed by atoms with E-state index in [4.69, 9.17) is 23.6 Å². The molecular formula is C30H29N3O6S. The van der Waals surface area contributed by atoms with Gasteiger partial charge in [-0.3, -0.25) is 4.79 Å². The Morgan fingerprint density at radius 3 is 2.60 bits per heavy atom. The standard InChI is InChI=1S/C30H29N3O6S/c1-19-26(29(35)39-17-20-9-5-4-6-10-20)27(23-12-7-13-24(36-2)28(23)37-3)33-21(18-40-30(33)32-19)15-25(34)31-16-22-11-8-14-38-22/h4-14,18,27H,15-17H2,1-3H3,(H,31,34). The van der Waals surface area contributed by atoms with Gasteiger partial charge in [-0.1, -0.05) is 54.2 Å². The molecule has 0 spiro atoms. The average Bonchev–Trinajstić information content (AvgIpc) is 3.64. The van der Waals surface area contributed by atoms with Crippen molar-refractivity contribution >= 4 is 28.8 Å². The summed E-state index contributed by atoms with van der Waals surface area (Å²) in [6.45, 7) is 2.18. The molecule has 206 valence electrons. The van der Waals surface area contributed by atoms with Crippen LogP contribution in [-0.4, -0.2) is 36.2 Å². The van der Waals surface area contributed by atoms with E-state index in [2.05, 4.69) is 5.32 Å². The number of ether oxygens (including phenoxy) is 3. The molecule has 0 radical (unpaired) electrons. The molecule has 2 aromatic carbocycles. The Balaban J connectivity index is 1.48. The van der Waals surface area contributed by atoms with Crippen LogP contribution >= 0.6 is 11.8 Å². The molecule has 1 N–H and O–H groups in total. The molecule has 1 aromatic heterocycles. The lowest BCUT2D eigenvalue weighted by Gasteiger charge is -2.37. The van der Waals surface area contributed by atoms with Crippen LogP contribution in [0, 0.1) is 0 Å². The van der Waals surface area contributed by atoms with Crippen molar-refractivity contribution in [3.8, 4) is 11.5 Å². The van der Waals surface area contributed by atoms with Crippen molar-refractivity contribution < 1.29 is 28.2 Å². The van der Waals surface area contributed by atoms with Gasteiger partial charge in [-0.2, -0.15) is 0 Å². The van der Waals surface area contributed by atoms with Gasteiger partial charge in [0, 0.05) is 11.3 Å². The van der Waals surface area contributed by atoms with Crippen LogP contribution in [0.5, 0.6) is 11.5 Å². The number of hydrogen-bond acceptors (Lipinski definition) is 9. The molecular weight excluding hydrogens is 530 g/mol. The first-order valence-corrected chi connectivity index (χ1v) is 13.5. The SMILES string of the molecule is COc1cccc(C2C(C(=O)OCc3ccccc3)=C(C)N=C3SC=C(CC(=O)NCc4ccco4)N32)c1OC. The minimum atomic E-state index is -0.667. The predicted molar refractivity (Wildman–Crippen MR) is 151 cm³/mol. The molecule has 3 heterocycles. The van der Waals surface area contributed by atoms with E-state index in [1.54, 1.807) is 45.6 Å². The third-order valence-corrected chi connectivity index (χ3v) is 7.43. The minimum Gasteiger partial charge on any atom is -0.493 e. The fourth-order valence-corrected chi connectivity index (χ4v) is 5.64. The molecule has 2 aliphatic rings. The number of carbonyl (C=O) groups excluding carboxylic acids is 2. The lowest BCUT2D eigenvalue weighted by Crippen LogP contribution is -2.38. The number of fused-ring (bicyclic) bond motifs is 1. The Hall–Kier alpha value is -4.44. The number of methoxy groups -OCH3 is 2. The molecule has 0 saturated carbocycles. The highest BCUT2D eigenvalue weighted by Gasteiger charge is 2.42. The first-order chi connectivity index (χ1) is 19.5. The summed E-state index contributed by atoms with van der Waals surface area (Å²) < 4.78 is 22.4. The van der Waals surface area contributed by atoms with Crippen LogP contribution in [0.2, 0.25) is 0 Å². The van der Waals surface area contributed by atoms with Crippen LogP contribution < -0.4 is 14.8 Å². The van der Waals surface area contributed by atoms with Gasteiger partial charge in [0.15, 0.2) is 16.7 Å². The maximum Gasteiger partial charge on any atom is 0.338 e. The highest BCUT2D eigenvalue weighted by atomic mass is 32.2. The molecule has 3 aromatic rings. The monoisotopic (exact) mass is 559 g/mol. The van der Waals surface area contributed by atoms with Gasteiger partial charge in [0.25, 0.3) is 0 Å². The molecule has 5 rings (SSSR count). The Morgan fingerprint density at radius 2 is 1.88 bits per heavy atom. The number of nitrogens with zero attached hydrogens (tertiary/aromatic N) is 2. The summed E-state index contributed by atoms with van der Waals surface area (Å²) >= 11 is 1.40. The zero-order valence-electron chi connectivity index (χ0n) is 22.4. The molecule has 40 heavy (non-hydrogen) atoms. The average molecular weight is 560 g/mol. The van der Waals surface area contributed by atoms with E-state index in [9.17, 15) is 9.59 Å². The second-order valence-corrected chi connectivity index (χ2v) is 9.91. The normalized spacial score (nSPS) is 16.2. The number of esters is 1.